The maximum atomic E-state index is 12.9. The number of amides is 1. The summed E-state index contributed by atoms with van der Waals surface area (Å²) in [5, 5.41) is 7.65. The number of pyridine rings is 1. The van der Waals surface area contributed by atoms with Crippen molar-refractivity contribution in [2.75, 3.05) is 18.4 Å². The number of carbonyl (C=O) groups excluding carboxylic acids is 1. The predicted molar refractivity (Wildman–Crippen MR) is 102 cm³/mol. The number of carbonyl (C=O) groups is 1. The maximum Gasteiger partial charge on any atom is 0.232 e. The van der Waals surface area contributed by atoms with E-state index < -0.39 is 0 Å². The van der Waals surface area contributed by atoms with Crippen molar-refractivity contribution in [3.63, 3.8) is 0 Å². The highest BCUT2D eigenvalue weighted by Gasteiger charge is 2.49. The summed E-state index contributed by atoms with van der Waals surface area (Å²) in [6.45, 7) is 1.80. The second-order valence-electron chi connectivity index (χ2n) is 6.59. The molecule has 2 N–H and O–H groups in total. The van der Waals surface area contributed by atoms with Crippen molar-refractivity contribution in [3.8, 4) is 0 Å². The number of hydrogen-bond acceptors (Lipinski definition) is 3. The summed E-state index contributed by atoms with van der Waals surface area (Å²) >= 11 is 0. The average molecular weight is 368 g/mol. The topological polar surface area (TPSA) is 54.0 Å². The van der Waals surface area contributed by atoms with E-state index in [0.29, 0.717) is 5.92 Å². The molecule has 1 aliphatic carbocycles. The fourth-order valence-electron chi connectivity index (χ4n) is 4.10. The van der Waals surface area contributed by atoms with Crippen LogP contribution < -0.4 is 10.6 Å². The summed E-state index contributed by atoms with van der Waals surface area (Å²) in [6.07, 6.45) is 6.38. The van der Waals surface area contributed by atoms with Crippen LogP contribution in [0.2, 0.25) is 0 Å². The van der Waals surface area contributed by atoms with Gasteiger partial charge in [0.05, 0.1) is 10.9 Å². The van der Waals surface area contributed by atoms with Crippen LogP contribution in [-0.2, 0) is 4.79 Å². The van der Waals surface area contributed by atoms with E-state index in [0.717, 1.165) is 42.5 Å². The van der Waals surface area contributed by atoms with Crippen molar-refractivity contribution in [1.29, 1.82) is 0 Å². The number of nitrogens with one attached hydrogen (secondary N) is 2. The Morgan fingerprint density at radius 3 is 3.00 bits per heavy atom. The highest BCUT2D eigenvalue weighted by molar-refractivity contribution is 5.97. The molecular formula is C18H23Cl2N3O. The molecule has 4 rings (SSSR count). The summed E-state index contributed by atoms with van der Waals surface area (Å²) in [7, 11) is 0. The molecule has 0 bridgehead atoms. The van der Waals surface area contributed by atoms with Crippen molar-refractivity contribution >= 4 is 47.3 Å². The van der Waals surface area contributed by atoms with Crippen LogP contribution in [0.15, 0.2) is 36.5 Å². The lowest BCUT2D eigenvalue weighted by Crippen LogP contribution is -2.44. The van der Waals surface area contributed by atoms with E-state index in [1.54, 1.807) is 6.20 Å². The van der Waals surface area contributed by atoms with Crippen molar-refractivity contribution in [2.45, 2.75) is 25.7 Å². The highest BCUT2D eigenvalue weighted by Crippen LogP contribution is 2.44. The number of fused-ring (bicyclic) bond motifs is 2. The first-order chi connectivity index (χ1) is 10.8. The fourth-order valence-corrected chi connectivity index (χ4v) is 4.10. The van der Waals surface area contributed by atoms with Crippen LogP contribution in [0.5, 0.6) is 0 Å². The van der Waals surface area contributed by atoms with Gasteiger partial charge in [-0.05, 0) is 49.6 Å². The average Bonchev–Trinajstić information content (AvgIpc) is 3.00. The number of anilines is 1. The highest BCUT2D eigenvalue weighted by atomic mass is 35.5. The molecule has 1 aromatic heterocycles. The Morgan fingerprint density at radius 1 is 1.25 bits per heavy atom. The van der Waals surface area contributed by atoms with E-state index in [-0.39, 0.29) is 36.1 Å². The number of rotatable bonds is 2. The van der Waals surface area contributed by atoms with Crippen molar-refractivity contribution in [3.05, 3.63) is 36.5 Å². The first-order valence-electron chi connectivity index (χ1n) is 8.15. The van der Waals surface area contributed by atoms with Crippen LogP contribution in [0.4, 0.5) is 5.69 Å². The van der Waals surface area contributed by atoms with Gasteiger partial charge in [0.25, 0.3) is 0 Å². The van der Waals surface area contributed by atoms with Crippen molar-refractivity contribution < 1.29 is 4.79 Å². The minimum absolute atomic E-state index is 0. The lowest BCUT2D eigenvalue weighted by atomic mass is 9.67. The molecule has 2 fully saturated rings. The van der Waals surface area contributed by atoms with E-state index in [2.05, 4.69) is 15.6 Å². The van der Waals surface area contributed by atoms with Crippen molar-refractivity contribution in [1.82, 2.24) is 10.3 Å². The molecule has 1 amide bonds. The van der Waals surface area contributed by atoms with E-state index >= 15 is 0 Å². The number of halogens is 2. The van der Waals surface area contributed by atoms with Gasteiger partial charge in [0.2, 0.25) is 5.91 Å². The molecule has 1 aliphatic heterocycles. The van der Waals surface area contributed by atoms with Gasteiger partial charge in [-0.2, -0.15) is 0 Å². The molecule has 1 aromatic carbocycles. The summed E-state index contributed by atoms with van der Waals surface area (Å²) in [4.78, 5) is 17.3. The van der Waals surface area contributed by atoms with Gasteiger partial charge < -0.3 is 10.6 Å². The van der Waals surface area contributed by atoms with E-state index in [1.807, 2.05) is 30.3 Å². The number of nitrogens with zero attached hydrogens (tertiary/aromatic N) is 1. The number of aromatic nitrogens is 1. The first-order valence-corrected chi connectivity index (χ1v) is 8.15. The second kappa shape index (κ2) is 7.68. The van der Waals surface area contributed by atoms with Gasteiger partial charge in [-0.1, -0.05) is 18.9 Å². The van der Waals surface area contributed by atoms with E-state index in [4.69, 9.17) is 0 Å². The molecule has 0 spiro atoms. The molecule has 2 aliphatic rings. The molecule has 1 saturated heterocycles. The minimum Gasteiger partial charge on any atom is -0.326 e. The SMILES string of the molecule is Cl.Cl.O=C(Nc1ccc2ncccc2c1)[C@@]12CCCC[C@H]1CNC2. The smallest absolute Gasteiger partial charge is 0.232 e. The van der Waals surface area contributed by atoms with E-state index in [9.17, 15) is 4.79 Å². The molecule has 1 saturated carbocycles. The van der Waals surface area contributed by atoms with Gasteiger partial charge in [0.1, 0.15) is 0 Å². The Balaban J connectivity index is 0.00000104. The van der Waals surface area contributed by atoms with Gasteiger partial charge in [-0.15, -0.1) is 24.8 Å². The standard InChI is InChI=1S/C18H21N3O.2ClH/c22-17(18-8-2-1-5-14(18)11-19-12-18)21-15-6-7-16-13(10-15)4-3-9-20-16;;/h3-4,6-7,9-10,14,19H,1-2,5,8,11-12H2,(H,21,22);2*1H/t14-,18+;;/m0../s1. The lowest BCUT2D eigenvalue weighted by molar-refractivity contribution is -0.128. The third-order valence-corrected chi connectivity index (χ3v) is 5.35. The van der Waals surface area contributed by atoms with Crippen LogP contribution in [0.25, 0.3) is 10.9 Å². The Bertz CT molecular complexity index is 724. The zero-order chi connectivity index (χ0) is 15.0. The fraction of sp³-hybridized carbons (Fsp3) is 0.444. The van der Waals surface area contributed by atoms with Crippen LogP contribution in [0, 0.1) is 11.3 Å². The summed E-state index contributed by atoms with van der Waals surface area (Å²) in [5.41, 5.74) is 1.62. The summed E-state index contributed by atoms with van der Waals surface area (Å²) in [5.74, 6) is 0.675. The molecule has 0 radical (unpaired) electrons. The third kappa shape index (κ3) is 3.23. The Hall–Kier alpha value is -1.36. The summed E-state index contributed by atoms with van der Waals surface area (Å²) in [6, 6.07) is 9.87. The third-order valence-electron chi connectivity index (χ3n) is 5.35. The molecule has 6 heteroatoms. The number of hydrogen-bond donors (Lipinski definition) is 2. The van der Waals surface area contributed by atoms with Gasteiger partial charge in [0, 0.05) is 23.8 Å². The molecular weight excluding hydrogens is 345 g/mol. The molecule has 2 atom stereocenters. The van der Waals surface area contributed by atoms with Crippen LogP contribution >= 0.6 is 24.8 Å². The molecule has 2 heterocycles. The predicted octanol–water partition coefficient (Wildman–Crippen LogP) is 3.80. The Kier molecular flexibility index (Phi) is 6.07. The van der Waals surface area contributed by atoms with Gasteiger partial charge >= 0.3 is 0 Å². The molecule has 130 valence electrons. The minimum atomic E-state index is -0.206. The van der Waals surface area contributed by atoms with Gasteiger partial charge in [0.15, 0.2) is 0 Å². The molecule has 2 aromatic rings. The van der Waals surface area contributed by atoms with Crippen LogP contribution in [-0.4, -0.2) is 24.0 Å². The monoisotopic (exact) mass is 367 g/mol. The van der Waals surface area contributed by atoms with E-state index in [1.165, 1.54) is 12.8 Å². The number of benzene rings is 1. The largest absolute Gasteiger partial charge is 0.326 e. The lowest BCUT2D eigenvalue weighted by Gasteiger charge is -2.37. The first kappa shape index (κ1) is 19.0. The normalized spacial score (nSPS) is 25.2. The summed E-state index contributed by atoms with van der Waals surface area (Å²) < 4.78 is 0. The molecule has 24 heavy (non-hydrogen) atoms. The molecule has 4 nitrogen and oxygen atoms in total. The quantitative estimate of drug-likeness (QED) is 0.848. The molecule has 0 unspecified atom stereocenters. The van der Waals surface area contributed by atoms with Gasteiger partial charge in [-0.3, -0.25) is 9.78 Å². The van der Waals surface area contributed by atoms with Crippen LogP contribution in [0.3, 0.4) is 0 Å². The second-order valence-corrected chi connectivity index (χ2v) is 6.59. The maximum absolute atomic E-state index is 12.9. The zero-order valence-corrected chi connectivity index (χ0v) is 15.1. The van der Waals surface area contributed by atoms with Crippen LogP contribution in [0.1, 0.15) is 25.7 Å². The van der Waals surface area contributed by atoms with Gasteiger partial charge in [-0.25, -0.2) is 0 Å². The zero-order valence-electron chi connectivity index (χ0n) is 13.5. The van der Waals surface area contributed by atoms with Crippen molar-refractivity contribution in [2.24, 2.45) is 11.3 Å². The Labute approximate surface area is 154 Å². The Morgan fingerprint density at radius 2 is 2.12 bits per heavy atom.